The third-order valence-corrected chi connectivity index (χ3v) is 4.34. The molecule has 1 unspecified atom stereocenters. The van der Waals surface area contributed by atoms with Crippen molar-refractivity contribution in [3.8, 4) is 0 Å². The van der Waals surface area contributed by atoms with E-state index in [9.17, 15) is 0 Å². The van der Waals surface area contributed by atoms with Gasteiger partial charge in [-0.2, -0.15) is 0 Å². The summed E-state index contributed by atoms with van der Waals surface area (Å²) in [4.78, 5) is 6.03. The number of benzene rings is 1. The molecule has 1 atom stereocenters. The van der Waals surface area contributed by atoms with Gasteiger partial charge >= 0.3 is 0 Å². The fourth-order valence-electron chi connectivity index (χ4n) is 3.37. The second-order valence-electron chi connectivity index (χ2n) is 6.02. The highest BCUT2D eigenvalue weighted by atomic mass is 15.1. The van der Waals surface area contributed by atoms with E-state index < -0.39 is 0 Å². The number of hydrogen-bond donors (Lipinski definition) is 1. The van der Waals surface area contributed by atoms with Crippen LogP contribution in [0, 0.1) is 12.8 Å². The average Bonchev–Trinajstić information content (AvgIpc) is 2.98. The zero-order chi connectivity index (χ0) is 13.2. The Bertz CT molecular complexity index is 555. The second-order valence-corrected chi connectivity index (χ2v) is 6.02. The number of H-pyrrole nitrogens is 1. The lowest BCUT2D eigenvalue weighted by Gasteiger charge is -2.14. The number of nitrogens with zero attached hydrogens (tertiary/aromatic N) is 1. The standard InChI is InChI=1S/C17H24N2/c1-3-7-19-8-6-14(12-19)10-15-11-18-17-5-4-13(2)9-16(15)17/h4-5,9,11,14,18H,3,6-8,10,12H2,1-2H3. The van der Waals surface area contributed by atoms with Crippen LogP contribution in [0.3, 0.4) is 0 Å². The van der Waals surface area contributed by atoms with Crippen molar-refractivity contribution in [1.82, 2.24) is 9.88 Å². The van der Waals surface area contributed by atoms with Gasteiger partial charge in [-0.15, -0.1) is 0 Å². The third kappa shape index (κ3) is 2.69. The van der Waals surface area contributed by atoms with E-state index in [0.29, 0.717) is 0 Å². The molecule has 0 saturated carbocycles. The minimum Gasteiger partial charge on any atom is -0.361 e. The number of likely N-dealkylation sites (tertiary alicyclic amines) is 1. The van der Waals surface area contributed by atoms with Crippen LogP contribution >= 0.6 is 0 Å². The van der Waals surface area contributed by atoms with Crippen molar-refractivity contribution in [3.63, 3.8) is 0 Å². The van der Waals surface area contributed by atoms with Crippen LogP contribution in [0.5, 0.6) is 0 Å². The van der Waals surface area contributed by atoms with Crippen LogP contribution in [0.4, 0.5) is 0 Å². The van der Waals surface area contributed by atoms with Crippen LogP contribution in [-0.4, -0.2) is 29.5 Å². The molecule has 1 saturated heterocycles. The Morgan fingerprint density at radius 1 is 1.37 bits per heavy atom. The van der Waals surface area contributed by atoms with Crippen LogP contribution in [-0.2, 0) is 6.42 Å². The lowest BCUT2D eigenvalue weighted by atomic mass is 9.98. The highest BCUT2D eigenvalue weighted by Gasteiger charge is 2.22. The predicted molar refractivity (Wildman–Crippen MR) is 81.6 cm³/mol. The molecule has 2 heteroatoms. The second kappa shape index (κ2) is 5.38. The molecular formula is C17H24N2. The van der Waals surface area contributed by atoms with E-state index in [-0.39, 0.29) is 0 Å². The first-order valence-corrected chi connectivity index (χ1v) is 7.55. The zero-order valence-corrected chi connectivity index (χ0v) is 12.1. The summed E-state index contributed by atoms with van der Waals surface area (Å²) >= 11 is 0. The van der Waals surface area contributed by atoms with Crippen molar-refractivity contribution < 1.29 is 0 Å². The van der Waals surface area contributed by atoms with Gasteiger partial charge in [-0.05, 0) is 62.9 Å². The molecule has 1 aromatic heterocycles. The molecule has 1 aromatic carbocycles. The minimum absolute atomic E-state index is 0.839. The summed E-state index contributed by atoms with van der Waals surface area (Å²) in [6, 6.07) is 6.70. The molecule has 2 heterocycles. The SMILES string of the molecule is CCCN1CCC(Cc2c[nH]c3ccc(C)cc23)C1. The molecule has 0 spiro atoms. The van der Waals surface area contributed by atoms with Gasteiger partial charge in [0.1, 0.15) is 0 Å². The largest absolute Gasteiger partial charge is 0.361 e. The summed E-state index contributed by atoms with van der Waals surface area (Å²) in [5.41, 5.74) is 4.14. The van der Waals surface area contributed by atoms with Gasteiger partial charge in [0.15, 0.2) is 0 Å². The molecule has 19 heavy (non-hydrogen) atoms. The average molecular weight is 256 g/mol. The van der Waals surface area contributed by atoms with Crippen LogP contribution in [0.25, 0.3) is 10.9 Å². The van der Waals surface area contributed by atoms with Crippen molar-refractivity contribution in [2.24, 2.45) is 5.92 Å². The first-order valence-electron chi connectivity index (χ1n) is 7.55. The summed E-state index contributed by atoms with van der Waals surface area (Å²) in [5, 5.41) is 1.42. The van der Waals surface area contributed by atoms with Gasteiger partial charge in [0.05, 0.1) is 0 Å². The van der Waals surface area contributed by atoms with Gasteiger partial charge in [-0.1, -0.05) is 18.6 Å². The lowest BCUT2D eigenvalue weighted by molar-refractivity contribution is 0.324. The van der Waals surface area contributed by atoms with E-state index in [2.05, 4.69) is 48.1 Å². The lowest BCUT2D eigenvalue weighted by Crippen LogP contribution is -2.21. The summed E-state index contributed by atoms with van der Waals surface area (Å²) in [5.74, 6) is 0.839. The Balaban J connectivity index is 1.73. The maximum absolute atomic E-state index is 3.41. The number of aryl methyl sites for hydroxylation is 1. The number of fused-ring (bicyclic) bond motifs is 1. The first-order chi connectivity index (χ1) is 9.26. The smallest absolute Gasteiger partial charge is 0.0456 e. The topological polar surface area (TPSA) is 19.0 Å². The van der Waals surface area contributed by atoms with E-state index in [1.54, 1.807) is 0 Å². The molecule has 1 fully saturated rings. The Morgan fingerprint density at radius 3 is 3.11 bits per heavy atom. The van der Waals surface area contributed by atoms with E-state index in [1.165, 1.54) is 60.9 Å². The van der Waals surface area contributed by atoms with Crippen LogP contribution in [0.15, 0.2) is 24.4 Å². The van der Waals surface area contributed by atoms with Gasteiger partial charge in [0, 0.05) is 23.6 Å². The van der Waals surface area contributed by atoms with Crippen LogP contribution < -0.4 is 0 Å². The minimum atomic E-state index is 0.839. The van der Waals surface area contributed by atoms with E-state index in [1.807, 2.05) is 0 Å². The molecule has 0 amide bonds. The number of aromatic amines is 1. The van der Waals surface area contributed by atoms with Gasteiger partial charge in [-0.25, -0.2) is 0 Å². The number of nitrogens with one attached hydrogen (secondary N) is 1. The summed E-state index contributed by atoms with van der Waals surface area (Å²) in [7, 11) is 0. The maximum atomic E-state index is 3.41. The number of aromatic nitrogens is 1. The van der Waals surface area contributed by atoms with Crippen molar-refractivity contribution in [2.45, 2.75) is 33.1 Å². The summed E-state index contributed by atoms with van der Waals surface area (Å²) in [6.45, 7) is 8.29. The molecule has 0 aliphatic carbocycles. The number of hydrogen-bond acceptors (Lipinski definition) is 1. The molecule has 0 radical (unpaired) electrons. The molecule has 0 bridgehead atoms. The molecule has 2 nitrogen and oxygen atoms in total. The fraction of sp³-hybridized carbons (Fsp3) is 0.529. The van der Waals surface area contributed by atoms with Gasteiger partial charge < -0.3 is 9.88 Å². The van der Waals surface area contributed by atoms with Gasteiger partial charge in [-0.3, -0.25) is 0 Å². The molecule has 1 aliphatic rings. The van der Waals surface area contributed by atoms with Crippen LogP contribution in [0.2, 0.25) is 0 Å². The molecular weight excluding hydrogens is 232 g/mol. The van der Waals surface area contributed by atoms with Gasteiger partial charge in [0.2, 0.25) is 0 Å². The fourth-order valence-corrected chi connectivity index (χ4v) is 3.37. The maximum Gasteiger partial charge on any atom is 0.0456 e. The van der Waals surface area contributed by atoms with E-state index >= 15 is 0 Å². The highest BCUT2D eigenvalue weighted by Crippen LogP contribution is 2.26. The third-order valence-electron chi connectivity index (χ3n) is 4.34. The van der Waals surface area contributed by atoms with Gasteiger partial charge in [0.25, 0.3) is 0 Å². The van der Waals surface area contributed by atoms with Crippen LogP contribution in [0.1, 0.15) is 30.9 Å². The number of rotatable bonds is 4. The molecule has 1 N–H and O–H groups in total. The molecule has 1 aliphatic heterocycles. The quantitative estimate of drug-likeness (QED) is 0.882. The summed E-state index contributed by atoms with van der Waals surface area (Å²) < 4.78 is 0. The Labute approximate surface area is 115 Å². The van der Waals surface area contributed by atoms with E-state index in [4.69, 9.17) is 0 Å². The highest BCUT2D eigenvalue weighted by molar-refractivity contribution is 5.83. The van der Waals surface area contributed by atoms with Crippen molar-refractivity contribution in [2.75, 3.05) is 19.6 Å². The molecule has 2 aromatic rings. The summed E-state index contributed by atoms with van der Waals surface area (Å²) in [6.07, 6.45) is 6.08. The predicted octanol–water partition coefficient (Wildman–Crippen LogP) is 3.75. The Hall–Kier alpha value is -1.28. The van der Waals surface area contributed by atoms with Crippen molar-refractivity contribution in [3.05, 3.63) is 35.5 Å². The van der Waals surface area contributed by atoms with Crippen molar-refractivity contribution >= 4 is 10.9 Å². The Morgan fingerprint density at radius 2 is 2.26 bits per heavy atom. The Kier molecular flexibility index (Phi) is 3.61. The van der Waals surface area contributed by atoms with E-state index in [0.717, 1.165) is 5.92 Å². The monoisotopic (exact) mass is 256 g/mol. The first kappa shape index (κ1) is 12.7. The normalized spacial score (nSPS) is 20.4. The molecule has 102 valence electrons. The molecule has 3 rings (SSSR count). The zero-order valence-electron chi connectivity index (χ0n) is 12.1. The van der Waals surface area contributed by atoms with Crippen molar-refractivity contribution in [1.29, 1.82) is 0 Å².